The van der Waals surface area contributed by atoms with Crippen molar-refractivity contribution < 1.29 is 18.3 Å². The van der Waals surface area contributed by atoms with Gasteiger partial charge in [0.25, 0.3) is 10.0 Å². The first-order valence-corrected chi connectivity index (χ1v) is 10.1. The zero-order valence-electron chi connectivity index (χ0n) is 10.7. The minimum Gasteiger partial charge on any atom is -0.481 e. The molecule has 9 heteroatoms. The van der Waals surface area contributed by atoms with Gasteiger partial charge in [0.2, 0.25) is 0 Å². The Kier molecular flexibility index (Phi) is 5.17. The van der Waals surface area contributed by atoms with Gasteiger partial charge in [-0.15, -0.1) is 11.3 Å². The Morgan fingerprint density at radius 2 is 2.30 bits per heavy atom. The summed E-state index contributed by atoms with van der Waals surface area (Å²) in [4.78, 5) is 10.9. The quantitative estimate of drug-likeness (QED) is 0.840. The highest BCUT2D eigenvalue weighted by atomic mass is 79.9. The van der Waals surface area contributed by atoms with Crippen LogP contribution in [0.2, 0.25) is 0 Å². The third kappa shape index (κ3) is 3.38. The van der Waals surface area contributed by atoms with E-state index in [9.17, 15) is 13.2 Å². The van der Waals surface area contributed by atoms with Crippen LogP contribution in [-0.2, 0) is 14.8 Å². The fraction of sp³-hybridized carbons (Fsp3) is 0.545. The summed E-state index contributed by atoms with van der Waals surface area (Å²) >= 11 is 6.09. The van der Waals surface area contributed by atoms with Crippen molar-refractivity contribution in [1.82, 2.24) is 4.31 Å². The van der Waals surface area contributed by atoms with Gasteiger partial charge in [0.1, 0.15) is 4.21 Å². The van der Waals surface area contributed by atoms with E-state index in [1.54, 1.807) is 17.8 Å². The lowest BCUT2D eigenvalue weighted by Gasteiger charge is -2.33. The van der Waals surface area contributed by atoms with Crippen LogP contribution in [0.3, 0.4) is 0 Å². The predicted molar refractivity (Wildman–Crippen MR) is 84.0 cm³/mol. The van der Waals surface area contributed by atoms with Gasteiger partial charge in [-0.05, 0) is 34.5 Å². The lowest BCUT2D eigenvalue weighted by Crippen LogP contribution is -2.46. The van der Waals surface area contributed by atoms with Crippen LogP contribution in [-0.4, -0.2) is 47.9 Å². The van der Waals surface area contributed by atoms with Crippen LogP contribution in [0.5, 0.6) is 0 Å². The van der Waals surface area contributed by atoms with E-state index < -0.39 is 22.0 Å². The van der Waals surface area contributed by atoms with Gasteiger partial charge in [0.15, 0.2) is 0 Å². The number of thioether (sulfide) groups is 1. The summed E-state index contributed by atoms with van der Waals surface area (Å²) < 4.78 is 27.7. The van der Waals surface area contributed by atoms with Crippen molar-refractivity contribution in [2.45, 2.75) is 23.6 Å². The van der Waals surface area contributed by atoms with Crippen molar-refractivity contribution in [3.8, 4) is 0 Å². The first-order chi connectivity index (χ1) is 9.32. The maximum absolute atomic E-state index is 12.7. The van der Waals surface area contributed by atoms with E-state index in [0.29, 0.717) is 18.1 Å². The second-order valence-corrected chi connectivity index (χ2v) is 10.1. The minimum atomic E-state index is -3.61. The zero-order valence-corrected chi connectivity index (χ0v) is 14.7. The number of carboxylic acids is 1. The van der Waals surface area contributed by atoms with Gasteiger partial charge in [-0.1, -0.05) is 0 Å². The van der Waals surface area contributed by atoms with Crippen LogP contribution < -0.4 is 0 Å². The Morgan fingerprint density at radius 1 is 1.60 bits per heavy atom. The number of carboxylic acid groups (broad SMARTS) is 1. The van der Waals surface area contributed by atoms with Gasteiger partial charge in [-0.25, -0.2) is 8.42 Å². The number of hydrogen-bond acceptors (Lipinski definition) is 5. The highest BCUT2D eigenvalue weighted by Gasteiger charge is 2.36. The molecule has 1 aromatic heterocycles. The number of aliphatic carboxylic acids is 1. The highest BCUT2D eigenvalue weighted by molar-refractivity contribution is 9.11. The smallest absolute Gasteiger partial charge is 0.305 e. The molecule has 1 saturated heterocycles. The van der Waals surface area contributed by atoms with E-state index in [2.05, 4.69) is 15.9 Å². The summed E-state index contributed by atoms with van der Waals surface area (Å²) in [7, 11) is -3.61. The number of halogens is 1. The summed E-state index contributed by atoms with van der Waals surface area (Å²) in [6.07, 6.45) is -0.155. The number of nitrogens with zero attached hydrogens (tertiary/aromatic N) is 1. The maximum Gasteiger partial charge on any atom is 0.305 e. The minimum absolute atomic E-state index is 0.155. The van der Waals surface area contributed by atoms with Gasteiger partial charge in [-0.2, -0.15) is 16.1 Å². The van der Waals surface area contributed by atoms with Gasteiger partial charge < -0.3 is 5.11 Å². The molecule has 1 unspecified atom stereocenters. The lowest BCUT2D eigenvalue weighted by molar-refractivity contribution is -0.137. The van der Waals surface area contributed by atoms with Crippen molar-refractivity contribution in [2.24, 2.45) is 0 Å². The topological polar surface area (TPSA) is 74.7 Å². The molecule has 0 aromatic carbocycles. The summed E-state index contributed by atoms with van der Waals surface area (Å²) in [5, 5.41) is 8.93. The zero-order chi connectivity index (χ0) is 14.9. The molecule has 0 saturated carbocycles. The third-order valence-corrected chi connectivity index (χ3v) is 8.61. The normalized spacial score (nSPS) is 21.0. The van der Waals surface area contributed by atoms with E-state index in [0.717, 1.165) is 9.35 Å². The standard InChI is InChI=1S/C11H14BrNO4S3/c1-7-4-10(19-11(7)12)20(16,17)13-2-3-18-6-8(13)5-9(14)15/h4,8H,2-3,5-6H2,1H3,(H,14,15). The molecule has 20 heavy (non-hydrogen) atoms. The molecule has 112 valence electrons. The van der Waals surface area contributed by atoms with Crippen LogP contribution in [0.4, 0.5) is 0 Å². The molecule has 1 N–H and O–H groups in total. The van der Waals surface area contributed by atoms with E-state index >= 15 is 0 Å². The molecule has 0 aliphatic carbocycles. The largest absolute Gasteiger partial charge is 0.481 e. The van der Waals surface area contributed by atoms with Crippen LogP contribution in [0.1, 0.15) is 12.0 Å². The first kappa shape index (κ1) is 16.3. The molecular formula is C11H14BrNO4S3. The number of thiophene rings is 1. The summed E-state index contributed by atoms with van der Waals surface area (Å²) in [6, 6.07) is 1.15. The van der Waals surface area contributed by atoms with Crippen molar-refractivity contribution in [3.05, 3.63) is 15.4 Å². The molecular weight excluding hydrogens is 386 g/mol. The van der Waals surface area contributed by atoms with E-state index in [-0.39, 0.29) is 10.6 Å². The second kappa shape index (κ2) is 6.35. The molecule has 2 rings (SSSR count). The third-order valence-electron chi connectivity index (χ3n) is 2.98. The molecule has 1 aliphatic rings. The average Bonchev–Trinajstić information content (AvgIpc) is 2.70. The van der Waals surface area contributed by atoms with E-state index in [1.165, 1.54) is 15.6 Å². The van der Waals surface area contributed by atoms with Gasteiger partial charge in [0, 0.05) is 24.1 Å². The molecule has 2 heterocycles. The SMILES string of the molecule is Cc1cc(S(=O)(=O)N2CCSCC2CC(=O)O)sc1Br. The molecule has 0 spiro atoms. The average molecular weight is 400 g/mol. The fourth-order valence-electron chi connectivity index (χ4n) is 1.99. The molecule has 1 fully saturated rings. The molecule has 0 amide bonds. The number of sulfonamides is 1. The summed E-state index contributed by atoms with van der Waals surface area (Å²) in [5.74, 6) is 0.249. The maximum atomic E-state index is 12.7. The lowest BCUT2D eigenvalue weighted by atomic mass is 10.2. The molecule has 0 radical (unpaired) electrons. The molecule has 1 aromatic rings. The number of rotatable bonds is 4. The van der Waals surface area contributed by atoms with Gasteiger partial charge >= 0.3 is 5.97 Å². The van der Waals surface area contributed by atoms with Crippen molar-refractivity contribution >= 4 is 55.0 Å². The Hall–Kier alpha value is -0.0900. The fourth-order valence-corrected chi connectivity index (χ4v) is 7.24. The molecule has 5 nitrogen and oxygen atoms in total. The summed E-state index contributed by atoms with van der Waals surface area (Å²) in [5.41, 5.74) is 0.870. The number of aryl methyl sites for hydroxylation is 1. The summed E-state index contributed by atoms with van der Waals surface area (Å²) in [6.45, 7) is 2.19. The highest BCUT2D eigenvalue weighted by Crippen LogP contribution is 2.34. The first-order valence-electron chi connectivity index (χ1n) is 5.89. The van der Waals surface area contributed by atoms with Crippen molar-refractivity contribution in [3.63, 3.8) is 0 Å². The van der Waals surface area contributed by atoms with Crippen LogP contribution in [0, 0.1) is 6.92 Å². The van der Waals surface area contributed by atoms with Crippen molar-refractivity contribution in [2.75, 3.05) is 18.1 Å². The molecule has 0 bridgehead atoms. The second-order valence-electron chi connectivity index (χ2n) is 4.46. The van der Waals surface area contributed by atoms with Crippen LogP contribution in [0.25, 0.3) is 0 Å². The molecule has 1 aliphatic heterocycles. The van der Waals surface area contributed by atoms with Gasteiger partial charge in [0.05, 0.1) is 10.2 Å². The van der Waals surface area contributed by atoms with Crippen molar-refractivity contribution in [1.29, 1.82) is 0 Å². The molecule has 1 atom stereocenters. The van der Waals surface area contributed by atoms with Gasteiger partial charge in [-0.3, -0.25) is 4.79 Å². The van der Waals surface area contributed by atoms with E-state index in [4.69, 9.17) is 5.11 Å². The van der Waals surface area contributed by atoms with E-state index in [1.807, 2.05) is 6.92 Å². The Balaban J connectivity index is 2.32. The monoisotopic (exact) mass is 399 g/mol. The van der Waals surface area contributed by atoms with Crippen LogP contribution >= 0.6 is 39.0 Å². The Bertz CT molecular complexity index is 594. The Labute approximate surface area is 134 Å². The number of hydrogen-bond donors (Lipinski definition) is 1. The Morgan fingerprint density at radius 3 is 2.85 bits per heavy atom. The predicted octanol–water partition coefficient (Wildman–Crippen LogP) is 2.40. The van der Waals surface area contributed by atoms with Crippen LogP contribution in [0.15, 0.2) is 14.1 Å². The number of carbonyl (C=O) groups is 1.